The van der Waals surface area contributed by atoms with Crippen molar-refractivity contribution in [3.63, 3.8) is 0 Å². The monoisotopic (exact) mass is 347 g/mol. The third-order valence-corrected chi connectivity index (χ3v) is 3.78. The molecule has 0 unspecified atom stereocenters. The summed E-state index contributed by atoms with van der Waals surface area (Å²) >= 11 is 0. The van der Waals surface area contributed by atoms with Crippen LogP contribution in [0.5, 0.6) is 0 Å². The van der Waals surface area contributed by atoms with E-state index in [1.807, 2.05) is 0 Å². The van der Waals surface area contributed by atoms with Crippen molar-refractivity contribution in [2.75, 3.05) is 5.32 Å². The molecule has 0 saturated heterocycles. The minimum absolute atomic E-state index is 0.0669. The fraction of sp³-hybridized carbons (Fsp3) is 0.0526. The molecule has 1 amide bonds. The molecule has 0 spiro atoms. The Balaban J connectivity index is 1.64. The molecule has 0 aliphatic heterocycles. The van der Waals surface area contributed by atoms with Gasteiger partial charge in [-0.2, -0.15) is 0 Å². The molecule has 0 atom stereocenters. The predicted molar refractivity (Wildman–Crippen MR) is 94.9 cm³/mol. The van der Waals surface area contributed by atoms with Gasteiger partial charge in [-0.1, -0.05) is 24.3 Å². The summed E-state index contributed by atoms with van der Waals surface area (Å²) in [6.07, 6.45) is 0. The van der Waals surface area contributed by atoms with Gasteiger partial charge in [0.2, 0.25) is 11.8 Å². The summed E-state index contributed by atoms with van der Waals surface area (Å²) in [6.45, 7) is 1.70. The molecule has 0 saturated carbocycles. The normalized spacial score (nSPS) is 10.8. The lowest BCUT2D eigenvalue weighted by atomic mass is 10.1. The highest BCUT2D eigenvalue weighted by Gasteiger charge is 2.15. The number of fused-ring (bicyclic) bond motifs is 1. The van der Waals surface area contributed by atoms with Crippen LogP contribution >= 0.6 is 0 Å². The van der Waals surface area contributed by atoms with Gasteiger partial charge in [-0.25, -0.2) is 4.79 Å². The van der Waals surface area contributed by atoms with Gasteiger partial charge in [0.15, 0.2) is 0 Å². The Morgan fingerprint density at radius 2 is 1.85 bits per heavy atom. The number of rotatable bonds is 3. The van der Waals surface area contributed by atoms with Gasteiger partial charge in [0.25, 0.3) is 5.91 Å². The zero-order valence-electron chi connectivity index (χ0n) is 13.7. The molecule has 7 nitrogen and oxygen atoms in total. The van der Waals surface area contributed by atoms with Crippen LogP contribution in [0.15, 0.2) is 68.2 Å². The molecule has 4 aromatic rings. The molecule has 2 heterocycles. The molecule has 1 N–H and O–H groups in total. The standard InChI is InChI=1S/C19H13N3O4/c1-11-21-22-18(25-11)13-6-4-7-14(9-13)20-17(23)15-10-12-5-2-3-8-16(12)26-19(15)24/h2-10H,1H3,(H,20,23). The maximum atomic E-state index is 12.5. The Hall–Kier alpha value is -3.74. The first-order chi connectivity index (χ1) is 12.6. The fourth-order valence-corrected chi connectivity index (χ4v) is 2.56. The van der Waals surface area contributed by atoms with E-state index in [0.29, 0.717) is 34.0 Å². The summed E-state index contributed by atoms with van der Waals surface area (Å²) in [6, 6.07) is 15.4. The Labute approximate surface area is 147 Å². The smallest absolute Gasteiger partial charge is 0.349 e. The van der Waals surface area contributed by atoms with Crippen molar-refractivity contribution in [3.8, 4) is 11.5 Å². The topological polar surface area (TPSA) is 98.2 Å². The van der Waals surface area contributed by atoms with Gasteiger partial charge in [0, 0.05) is 23.6 Å². The van der Waals surface area contributed by atoms with E-state index in [2.05, 4.69) is 15.5 Å². The van der Waals surface area contributed by atoms with Crippen LogP contribution in [0.25, 0.3) is 22.4 Å². The third kappa shape index (κ3) is 2.98. The zero-order valence-corrected chi connectivity index (χ0v) is 13.7. The van der Waals surface area contributed by atoms with Crippen LogP contribution in [0.1, 0.15) is 16.2 Å². The van der Waals surface area contributed by atoms with Crippen LogP contribution in [0.4, 0.5) is 5.69 Å². The second kappa shape index (κ2) is 6.29. The minimum atomic E-state index is -0.690. The van der Waals surface area contributed by atoms with Crippen molar-refractivity contribution >= 4 is 22.6 Å². The Kier molecular flexibility index (Phi) is 3.81. The highest BCUT2D eigenvalue weighted by Crippen LogP contribution is 2.22. The van der Waals surface area contributed by atoms with E-state index in [1.54, 1.807) is 55.5 Å². The average Bonchev–Trinajstić information content (AvgIpc) is 3.08. The highest BCUT2D eigenvalue weighted by atomic mass is 16.4. The molecule has 128 valence electrons. The Bertz CT molecular complexity index is 1180. The quantitative estimate of drug-likeness (QED) is 0.570. The first-order valence-corrected chi connectivity index (χ1v) is 7.85. The number of carbonyl (C=O) groups is 1. The number of carbonyl (C=O) groups excluding carboxylic acids is 1. The van der Waals surface area contributed by atoms with E-state index >= 15 is 0 Å². The Morgan fingerprint density at radius 3 is 2.65 bits per heavy atom. The summed E-state index contributed by atoms with van der Waals surface area (Å²) in [5.41, 5.74) is 0.834. The maximum absolute atomic E-state index is 12.5. The van der Waals surface area contributed by atoms with Crippen molar-refractivity contribution < 1.29 is 13.6 Å². The van der Waals surface area contributed by atoms with E-state index in [9.17, 15) is 9.59 Å². The molecule has 0 aliphatic rings. The van der Waals surface area contributed by atoms with Crippen molar-refractivity contribution in [1.82, 2.24) is 10.2 Å². The number of hydrogen-bond donors (Lipinski definition) is 1. The number of para-hydroxylation sites is 1. The summed E-state index contributed by atoms with van der Waals surface area (Å²) in [4.78, 5) is 24.6. The van der Waals surface area contributed by atoms with Crippen LogP contribution in [-0.2, 0) is 0 Å². The van der Waals surface area contributed by atoms with Crippen molar-refractivity contribution in [1.29, 1.82) is 0 Å². The van der Waals surface area contributed by atoms with Gasteiger partial charge in [-0.3, -0.25) is 4.79 Å². The van der Waals surface area contributed by atoms with Gasteiger partial charge < -0.3 is 14.2 Å². The summed E-state index contributed by atoms with van der Waals surface area (Å²) in [5.74, 6) is 0.246. The lowest BCUT2D eigenvalue weighted by Crippen LogP contribution is -2.20. The van der Waals surface area contributed by atoms with Gasteiger partial charge in [0.1, 0.15) is 11.1 Å². The molecule has 0 aliphatic carbocycles. The molecule has 4 rings (SSSR count). The average molecular weight is 347 g/mol. The first-order valence-electron chi connectivity index (χ1n) is 7.85. The number of hydrogen-bond acceptors (Lipinski definition) is 6. The van der Waals surface area contributed by atoms with Crippen LogP contribution in [0, 0.1) is 6.92 Å². The zero-order chi connectivity index (χ0) is 18.1. The van der Waals surface area contributed by atoms with Gasteiger partial charge in [-0.15, -0.1) is 10.2 Å². The van der Waals surface area contributed by atoms with E-state index in [-0.39, 0.29) is 5.56 Å². The number of benzene rings is 2. The van der Waals surface area contributed by atoms with Crippen molar-refractivity contribution in [3.05, 3.63) is 76.5 Å². The minimum Gasteiger partial charge on any atom is -0.422 e. The lowest BCUT2D eigenvalue weighted by molar-refractivity contribution is 0.102. The summed E-state index contributed by atoms with van der Waals surface area (Å²) in [7, 11) is 0. The largest absolute Gasteiger partial charge is 0.422 e. The molecule has 2 aromatic carbocycles. The molecule has 0 radical (unpaired) electrons. The number of aryl methyl sites for hydroxylation is 1. The van der Waals surface area contributed by atoms with Crippen LogP contribution in [0.3, 0.4) is 0 Å². The van der Waals surface area contributed by atoms with Crippen LogP contribution in [-0.4, -0.2) is 16.1 Å². The highest BCUT2D eigenvalue weighted by molar-refractivity contribution is 6.05. The van der Waals surface area contributed by atoms with Crippen LogP contribution in [0.2, 0.25) is 0 Å². The van der Waals surface area contributed by atoms with Crippen molar-refractivity contribution in [2.24, 2.45) is 0 Å². The summed E-state index contributed by atoms with van der Waals surface area (Å²) < 4.78 is 10.6. The number of anilines is 1. The van der Waals surface area contributed by atoms with E-state index in [1.165, 1.54) is 6.07 Å². The first kappa shape index (κ1) is 15.8. The number of aromatic nitrogens is 2. The molecule has 0 bridgehead atoms. The Morgan fingerprint density at radius 1 is 1.00 bits per heavy atom. The van der Waals surface area contributed by atoms with E-state index < -0.39 is 11.5 Å². The molecule has 7 heteroatoms. The van der Waals surface area contributed by atoms with Gasteiger partial charge in [0.05, 0.1) is 0 Å². The molecule has 2 aromatic heterocycles. The molecule has 0 fully saturated rings. The molecular formula is C19H13N3O4. The third-order valence-electron chi connectivity index (χ3n) is 3.78. The predicted octanol–water partition coefficient (Wildman–Crippen LogP) is 3.40. The van der Waals surface area contributed by atoms with E-state index in [0.717, 1.165) is 0 Å². The second-order valence-electron chi connectivity index (χ2n) is 5.65. The SMILES string of the molecule is Cc1nnc(-c2cccc(NC(=O)c3cc4ccccc4oc3=O)c2)o1. The van der Waals surface area contributed by atoms with Crippen LogP contribution < -0.4 is 10.9 Å². The van der Waals surface area contributed by atoms with Gasteiger partial charge >= 0.3 is 5.63 Å². The summed E-state index contributed by atoms with van der Waals surface area (Å²) in [5, 5.41) is 11.1. The number of amides is 1. The molecular weight excluding hydrogens is 334 g/mol. The fourth-order valence-electron chi connectivity index (χ4n) is 2.56. The number of nitrogens with one attached hydrogen (secondary N) is 1. The molecule has 26 heavy (non-hydrogen) atoms. The second-order valence-corrected chi connectivity index (χ2v) is 5.65. The van der Waals surface area contributed by atoms with E-state index in [4.69, 9.17) is 8.83 Å². The van der Waals surface area contributed by atoms with Gasteiger partial charge in [-0.05, 0) is 30.3 Å². The number of nitrogens with zero attached hydrogens (tertiary/aromatic N) is 2. The van der Waals surface area contributed by atoms with Crippen molar-refractivity contribution in [2.45, 2.75) is 6.92 Å². The lowest BCUT2D eigenvalue weighted by Gasteiger charge is -2.06. The maximum Gasteiger partial charge on any atom is 0.349 e.